The Morgan fingerprint density at radius 2 is 1.69 bits per heavy atom. The van der Waals surface area contributed by atoms with E-state index in [9.17, 15) is 9.59 Å². The first-order valence-corrected chi connectivity index (χ1v) is 4.03. The number of benzene rings is 1. The van der Waals surface area contributed by atoms with Gasteiger partial charge in [-0.2, -0.15) is 0 Å². The van der Waals surface area contributed by atoms with Gasteiger partial charge in [-0.1, -0.05) is 30.3 Å². The molecule has 0 aromatic heterocycles. The molecule has 0 spiro atoms. The van der Waals surface area contributed by atoms with Crippen molar-refractivity contribution in [2.45, 2.75) is 0 Å². The van der Waals surface area contributed by atoms with Gasteiger partial charge in [0.2, 0.25) is 5.24 Å². The Labute approximate surface area is 80.8 Å². The van der Waals surface area contributed by atoms with Crippen molar-refractivity contribution in [3.63, 3.8) is 0 Å². The summed E-state index contributed by atoms with van der Waals surface area (Å²) < 4.78 is 0. The van der Waals surface area contributed by atoms with Crippen LogP contribution in [0.25, 0.3) is 6.08 Å². The molecule has 0 heterocycles. The molecule has 0 aliphatic heterocycles. The standard InChI is InChI=1S/C10H7ClO2/c11-10(13)6-5-8-1-3-9(7-12)4-2-8/h1-7H. The summed E-state index contributed by atoms with van der Waals surface area (Å²) in [5, 5.41) is -0.514. The molecule has 0 atom stereocenters. The molecule has 0 radical (unpaired) electrons. The van der Waals surface area contributed by atoms with Crippen LogP contribution in [0.1, 0.15) is 15.9 Å². The van der Waals surface area contributed by atoms with Crippen LogP contribution in [0.4, 0.5) is 0 Å². The highest BCUT2D eigenvalue weighted by atomic mass is 35.5. The van der Waals surface area contributed by atoms with Crippen molar-refractivity contribution in [3.8, 4) is 0 Å². The lowest BCUT2D eigenvalue weighted by molar-refractivity contribution is -0.107. The van der Waals surface area contributed by atoms with Crippen molar-refractivity contribution in [1.29, 1.82) is 0 Å². The zero-order chi connectivity index (χ0) is 9.68. The van der Waals surface area contributed by atoms with Gasteiger partial charge in [0.1, 0.15) is 6.29 Å². The SMILES string of the molecule is O=Cc1ccc(C=CC(=O)Cl)cc1. The number of carbonyl (C=O) groups excluding carboxylic acids is 2. The van der Waals surface area contributed by atoms with Crippen LogP contribution in [-0.4, -0.2) is 11.5 Å². The van der Waals surface area contributed by atoms with Crippen LogP contribution >= 0.6 is 11.6 Å². The average Bonchev–Trinajstić information content (AvgIpc) is 2.15. The molecule has 1 aromatic rings. The molecule has 0 fully saturated rings. The molecule has 0 bridgehead atoms. The molecular weight excluding hydrogens is 188 g/mol. The van der Waals surface area contributed by atoms with Gasteiger partial charge in [-0.25, -0.2) is 0 Å². The minimum atomic E-state index is -0.514. The van der Waals surface area contributed by atoms with Gasteiger partial charge in [0.15, 0.2) is 0 Å². The molecular formula is C10H7ClO2. The van der Waals surface area contributed by atoms with Crippen molar-refractivity contribution >= 4 is 29.2 Å². The van der Waals surface area contributed by atoms with E-state index < -0.39 is 5.24 Å². The molecule has 13 heavy (non-hydrogen) atoms. The normalized spacial score (nSPS) is 10.2. The van der Waals surface area contributed by atoms with Crippen LogP contribution in [0.15, 0.2) is 30.3 Å². The zero-order valence-electron chi connectivity index (χ0n) is 6.74. The first-order valence-electron chi connectivity index (χ1n) is 3.65. The lowest BCUT2D eigenvalue weighted by Gasteiger charge is -1.92. The third-order valence-corrected chi connectivity index (χ3v) is 1.61. The molecule has 0 saturated carbocycles. The van der Waals surface area contributed by atoms with Gasteiger partial charge < -0.3 is 0 Å². The number of rotatable bonds is 3. The summed E-state index contributed by atoms with van der Waals surface area (Å²) in [5.74, 6) is 0. The highest BCUT2D eigenvalue weighted by Crippen LogP contribution is 2.04. The highest BCUT2D eigenvalue weighted by Gasteiger charge is 1.90. The van der Waals surface area contributed by atoms with Gasteiger partial charge in [0, 0.05) is 5.56 Å². The Hall–Kier alpha value is -1.41. The van der Waals surface area contributed by atoms with E-state index in [1.165, 1.54) is 6.08 Å². The summed E-state index contributed by atoms with van der Waals surface area (Å²) in [6, 6.07) is 6.82. The lowest BCUT2D eigenvalue weighted by Crippen LogP contribution is -1.80. The zero-order valence-corrected chi connectivity index (χ0v) is 7.49. The third kappa shape index (κ3) is 3.22. The molecule has 3 heteroatoms. The van der Waals surface area contributed by atoms with Gasteiger partial charge in [0.05, 0.1) is 0 Å². The van der Waals surface area contributed by atoms with Crippen LogP contribution in [0, 0.1) is 0 Å². The second-order valence-electron chi connectivity index (χ2n) is 2.42. The molecule has 0 aliphatic rings. The fourth-order valence-electron chi connectivity index (χ4n) is 0.847. The van der Waals surface area contributed by atoms with E-state index in [-0.39, 0.29) is 0 Å². The minimum Gasteiger partial charge on any atom is -0.298 e. The molecule has 1 rings (SSSR count). The number of aldehydes is 1. The van der Waals surface area contributed by atoms with Gasteiger partial charge >= 0.3 is 0 Å². The largest absolute Gasteiger partial charge is 0.298 e. The van der Waals surface area contributed by atoms with Crippen molar-refractivity contribution in [1.82, 2.24) is 0 Å². The Kier molecular flexibility index (Phi) is 3.41. The summed E-state index contributed by atoms with van der Waals surface area (Å²) in [5.41, 5.74) is 1.44. The molecule has 1 aromatic carbocycles. The molecule has 2 nitrogen and oxygen atoms in total. The van der Waals surface area contributed by atoms with Crippen LogP contribution in [0.3, 0.4) is 0 Å². The van der Waals surface area contributed by atoms with Crippen LogP contribution in [0.5, 0.6) is 0 Å². The maximum Gasteiger partial charge on any atom is 0.245 e. The molecule has 0 amide bonds. The van der Waals surface area contributed by atoms with E-state index in [1.54, 1.807) is 30.3 Å². The van der Waals surface area contributed by atoms with E-state index in [0.29, 0.717) is 5.56 Å². The fourth-order valence-corrected chi connectivity index (χ4v) is 0.910. The molecule has 0 N–H and O–H groups in total. The Bertz CT molecular complexity index is 338. The summed E-state index contributed by atoms with van der Waals surface area (Å²) in [4.78, 5) is 20.7. The quantitative estimate of drug-likeness (QED) is 0.420. The Balaban J connectivity index is 2.80. The predicted octanol–water partition coefficient (Wildman–Crippen LogP) is 2.28. The van der Waals surface area contributed by atoms with E-state index in [2.05, 4.69) is 0 Å². The van der Waals surface area contributed by atoms with Crippen LogP contribution in [-0.2, 0) is 4.79 Å². The summed E-state index contributed by atoms with van der Waals surface area (Å²) in [6.07, 6.45) is 3.61. The second-order valence-corrected chi connectivity index (χ2v) is 2.79. The number of allylic oxidation sites excluding steroid dienone is 1. The number of carbonyl (C=O) groups is 2. The van der Waals surface area contributed by atoms with Crippen LogP contribution < -0.4 is 0 Å². The van der Waals surface area contributed by atoms with Gasteiger partial charge in [0.25, 0.3) is 0 Å². The fraction of sp³-hybridized carbons (Fsp3) is 0. The first kappa shape index (κ1) is 9.68. The summed E-state index contributed by atoms with van der Waals surface area (Å²) in [6.45, 7) is 0. The summed E-state index contributed by atoms with van der Waals surface area (Å²) in [7, 11) is 0. The number of hydrogen-bond acceptors (Lipinski definition) is 2. The second kappa shape index (κ2) is 4.58. The van der Waals surface area contributed by atoms with Crippen molar-refractivity contribution in [2.75, 3.05) is 0 Å². The van der Waals surface area contributed by atoms with Crippen molar-refractivity contribution in [2.24, 2.45) is 0 Å². The Morgan fingerprint density at radius 3 is 2.15 bits per heavy atom. The maximum absolute atomic E-state index is 10.4. The van der Waals surface area contributed by atoms with Gasteiger partial charge in [-0.3, -0.25) is 9.59 Å². The molecule has 0 saturated heterocycles. The van der Waals surface area contributed by atoms with Crippen molar-refractivity contribution in [3.05, 3.63) is 41.5 Å². The number of halogens is 1. The van der Waals surface area contributed by atoms with E-state index in [0.717, 1.165) is 11.8 Å². The minimum absolute atomic E-state index is 0.514. The van der Waals surface area contributed by atoms with Gasteiger partial charge in [-0.15, -0.1) is 0 Å². The maximum atomic E-state index is 10.4. The topological polar surface area (TPSA) is 34.1 Å². The highest BCUT2D eigenvalue weighted by molar-refractivity contribution is 6.66. The summed E-state index contributed by atoms with van der Waals surface area (Å²) >= 11 is 5.10. The Morgan fingerprint density at radius 1 is 1.15 bits per heavy atom. The lowest BCUT2D eigenvalue weighted by atomic mass is 10.1. The van der Waals surface area contributed by atoms with E-state index in [4.69, 9.17) is 11.6 Å². The molecule has 0 aliphatic carbocycles. The van der Waals surface area contributed by atoms with Crippen LogP contribution in [0.2, 0.25) is 0 Å². The average molecular weight is 195 g/mol. The van der Waals surface area contributed by atoms with E-state index in [1.807, 2.05) is 0 Å². The third-order valence-electron chi connectivity index (χ3n) is 1.48. The van der Waals surface area contributed by atoms with Crippen molar-refractivity contribution < 1.29 is 9.59 Å². The predicted molar refractivity (Wildman–Crippen MR) is 51.7 cm³/mol. The molecule has 0 unspecified atom stereocenters. The first-order chi connectivity index (χ1) is 6.22. The van der Waals surface area contributed by atoms with Gasteiger partial charge in [-0.05, 0) is 23.2 Å². The smallest absolute Gasteiger partial charge is 0.245 e. The molecule has 66 valence electrons. The monoisotopic (exact) mass is 194 g/mol. The van der Waals surface area contributed by atoms with E-state index >= 15 is 0 Å². The number of hydrogen-bond donors (Lipinski definition) is 0.